The van der Waals surface area contributed by atoms with Crippen molar-refractivity contribution in [2.75, 3.05) is 5.32 Å². The predicted molar refractivity (Wildman–Crippen MR) is 89.0 cm³/mol. The number of benzene rings is 2. The summed E-state index contributed by atoms with van der Waals surface area (Å²) in [7, 11) is 0. The summed E-state index contributed by atoms with van der Waals surface area (Å²) in [4.78, 5) is 11.9. The largest absolute Gasteiger partial charge is 0.338 e. The van der Waals surface area contributed by atoms with Gasteiger partial charge in [-0.05, 0) is 36.4 Å². The second-order valence-corrected chi connectivity index (χ2v) is 5.26. The second-order valence-electron chi connectivity index (χ2n) is 5.26. The number of aromatic nitrogens is 3. The third-order valence-electron chi connectivity index (χ3n) is 3.63. The maximum Gasteiger partial charge on any atom is 0.159 e. The summed E-state index contributed by atoms with van der Waals surface area (Å²) < 4.78 is 26.5. The maximum atomic E-state index is 13.4. The molecule has 0 bridgehead atoms. The van der Waals surface area contributed by atoms with Gasteiger partial charge in [-0.1, -0.05) is 18.2 Å². The van der Waals surface area contributed by atoms with Crippen molar-refractivity contribution in [2.45, 2.75) is 0 Å². The molecule has 4 aromatic rings. The lowest BCUT2D eigenvalue weighted by Crippen LogP contribution is -1.94. The minimum Gasteiger partial charge on any atom is -0.338 e. The van der Waals surface area contributed by atoms with Crippen LogP contribution in [0.25, 0.3) is 22.4 Å². The Balaban J connectivity index is 1.78. The highest BCUT2D eigenvalue weighted by Gasteiger charge is 2.12. The lowest BCUT2D eigenvalue weighted by atomic mass is 10.2. The molecule has 0 atom stereocenters. The van der Waals surface area contributed by atoms with Crippen LogP contribution in [0.15, 0.2) is 60.8 Å². The molecular formula is C18H12F2N4. The summed E-state index contributed by atoms with van der Waals surface area (Å²) in [6.07, 6.45) is 1.65. The highest BCUT2D eigenvalue weighted by Crippen LogP contribution is 2.26. The average molecular weight is 322 g/mol. The molecular weight excluding hydrogens is 310 g/mol. The molecule has 4 rings (SSSR count). The first-order valence-electron chi connectivity index (χ1n) is 7.33. The Morgan fingerprint density at radius 3 is 2.54 bits per heavy atom. The van der Waals surface area contributed by atoms with Gasteiger partial charge in [0.1, 0.15) is 11.3 Å². The number of nitrogens with zero attached hydrogens (tertiary/aromatic N) is 2. The zero-order valence-electron chi connectivity index (χ0n) is 12.4. The molecule has 0 radical (unpaired) electrons. The van der Waals surface area contributed by atoms with Crippen LogP contribution < -0.4 is 5.32 Å². The molecule has 2 N–H and O–H groups in total. The summed E-state index contributed by atoms with van der Waals surface area (Å²) in [5.41, 5.74) is 2.73. The number of anilines is 2. The van der Waals surface area contributed by atoms with Crippen LogP contribution in [-0.4, -0.2) is 15.0 Å². The number of nitrogens with one attached hydrogen (secondary N) is 2. The van der Waals surface area contributed by atoms with Crippen molar-refractivity contribution in [1.29, 1.82) is 0 Å². The fourth-order valence-corrected chi connectivity index (χ4v) is 2.47. The number of fused-ring (bicyclic) bond motifs is 1. The summed E-state index contributed by atoms with van der Waals surface area (Å²) in [6.45, 7) is 0. The van der Waals surface area contributed by atoms with E-state index in [4.69, 9.17) is 0 Å². The first kappa shape index (κ1) is 14.3. The van der Waals surface area contributed by atoms with E-state index in [9.17, 15) is 8.78 Å². The number of hydrogen-bond acceptors (Lipinski definition) is 3. The molecule has 0 unspecified atom stereocenters. The Bertz CT molecular complexity index is 1010. The molecule has 0 aliphatic rings. The molecule has 6 heteroatoms. The number of rotatable bonds is 3. The van der Waals surface area contributed by atoms with Crippen LogP contribution in [0.2, 0.25) is 0 Å². The van der Waals surface area contributed by atoms with Gasteiger partial charge in [-0.2, -0.15) is 0 Å². The number of para-hydroxylation sites is 1. The Kier molecular flexibility index (Phi) is 3.42. The minimum atomic E-state index is -0.909. The third-order valence-corrected chi connectivity index (χ3v) is 3.63. The first-order valence-corrected chi connectivity index (χ1v) is 7.33. The molecule has 0 spiro atoms. The van der Waals surface area contributed by atoms with Gasteiger partial charge in [0.25, 0.3) is 0 Å². The molecule has 0 fully saturated rings. The van der Waals surface area contributed by atoms with E-state index in [1.807, 2.05) is 30.3 Å². The number of hydrogen-bond donors (Lipinski definition) is 2. The molecule has 24 heavy (non-hydrogen) atoms. The van der Waals surface area contributed by atoms with Gasteiger partial charge in [0.2, 0.25) is 0 Å². The molecule has 0 saturated heterocycles. The van der Waals surface area contributed by atoms with Gasteiger partial charge in [0.15, 0.2) is 17.5 Å². The standard InChI is InChI=1S/C18H12F2N4/c19-13-7-6-11(10-14(13)20)17-23-15-8-9-21-18(16(15)24-17)22-12-4-2-1-3-5-12/h1-10H,(H,21,22)(H,23,24). The Hall–Kier alpha value is -3.28. The van der Waals surface area contributed by atoms with Gasteiger partial charge in [-0.15, -0.1) is 0 Å². The number of aromatic amines is 1. The van der Waals surface area contributed by atoms with Crippen LogP contribution in [-0.2, 0) is 0 Å². The normalized spacial score (nSPS) is 10.9. The van der Waals surface area contributed by atoms with Gasteiger partial charge in [0.05, 0.1) is 5.52 Å². The van der Waals surface area contributed by atoms with Crippen molar-refractivity contribution < 1.29 is 8.78 Å². The molecule has 2 aromatic carbocycles. The SMILES string of the molecule is Fc1ccc(-c2nc3c(Nc4ccccc4)nccc3[nH]2)cc1F. The summed E-state index contributed by atoms with van der Waals surface area (Å²) in [5, 5.41) is 3.20. The van der Waals surface area contributed by atoms with E-state index in [-0.39, 0.29) is 0 Å². The molecule has 2 aromatic heterocycles. The second kappa shape index (κ2) is 5.73. The zero-order chi connectivity index (χ0) is 16.5. The van der Waals surface area contributed by atoms with Crippen LogP contribution in [0.1, 0.15) is 0 Å². The Labute approximate surface area is 136 Å². The van der Waals surface area contributed by atoms with Crippen molar-refractivity contribution >= 4 is 22.5 Å². The lowest BCUT2D eigenvalue weighted by Gasteiger charge is -2.05. The van der Waals surface area contributed by atoms with E-state index in [0.29, 0.717) is 22.7 Å². The Morgan fingerprint density at radius 2 is 1.75 bits per heavy atom. The topological polar surface area (TPSA) is 53.6 Å². The van der Waals surface area contributed by atoms with Crippen LogP contribution >= 0.6 is 0 Å². The van der Waals surface area contributed by atoms with Gasteiger partial charge < -0.3 is 10.3 Å². The molecule has 0 saturated carbocycles. The summed E-state index contributed by atoms with van der Waals surface area (Å²) >= 11 is 0. The van der Waals surface area contributed by atoms with E-state index in [1.54, 1.807) is 12.3 Å². The lowest BCUT2D eigenvalue weighted by molar-refractivity contribution is 0.509. The highest BCUT2D eigenvalue weighted by atomic mass is 19.2. The van der Waals surface area contributed by atoms with Crippen molar-refractivity contribution in [1.82, 2.24) is 15.0 Å². The molecule has 4 nitrogen and oxygen atoms in total. The number of H-pyrrole nitrogens is 1. The minimum absolute atomic E-state index is 0.452. The van der Waals surface area contributed by atoms with E-state index >= 15 is 0 Å². The summed E-state index contributed by atoms with van der Waals surface area (Å²) in [5.74, 6) is -0.756. The van der Waals surface area contributed by atoms with Crippen LogP contribution in [0.4, 0.5) is 20.3 Å². The smallest absolute Gasteiger partial charge is 0.159 e. The fourth-order valence-electron chi connectivity index (χ4n) is 2.47. The first-order chi connectivity index (χ1) is 11.7. The van der Waals surface area contributed by atoms with Gasteiger partial charge >= 0.3 is 0 Å². The van der Waals surface area contributed by atoms with Crippen LogP contribution in [0.5, 0.6) is 0 Å². The van der Waals surface area contributed by atoms with Crippen molar-refractivity contribution in [3.63, 3.8) is 0 Å². The van der Waals surface area contributed by atoms with Gasteiger partial charge in [0, 0.05) is 17.4 Å². The molecule has 0 aliphatic carbocycles. The van der Waals surface area contributed by atoms with E-state index < -0.39 is 11.6 Å². The number of halogens is 2. The Morgan fingerprint density at radius 1 is 0.917 bits per heavy atom. The highest BCUT2D eigenvalue weighted by molar-refractivity contribution is 5.89. The summed E-state index contributed by atoms with van der Waals surface area (Å²) in [6, 6.07) is 15.1. The quantitative estimate of drug-likeness (QED) is 0.577. The third kappa shape index (κ3) is 2.58. The van der Waals surface area contributed by atoms with E-state index in [2.05, 4.69) is 20.3 Å². The van der Waals surface area contributed by atoms with Crippen LogP contribution in [0.3, 0.4) is 0 Å². The average Bonchev–Trinajstić information content (AvgIpc) is 3.04. The maximum absolute atomic E-state index is 13.4. The molecule has 118 valence electrons. The zero-order valence-corrected chi connectivity index (χ0v) is 12.4. The molecule has 0 amide bonds. The fraction of sp³-hybridized carbons (Fsp3) is 0. The van der Waals surface area contributed by atoms with Gasteiger partial charge in [-0.3, -0.25) is 0 Å². The van der Waals surface area contributed by atoms with E-state index in [0.717, 1.165) is 23.3 Å². The predicted octanol–water partition coefficient (Wildman–Crippen LogP) is 4.65. The van der Waals surface area contributed by atoms with Crippen molar-refractivity contribution in [3.05, 3.63) is 72.4 Å². The van der Waals surface area contributed by atoms with Crippen molar-refractivity contribution in [2.24, 2.45) is 0 Å². The van der Waals surface area contributed by atoms with E-state index in [1.165, 1.54) is 6.07 Å². The van der Waals surface area contributed by atoms with Gasteiger partial charge in [-0.25, -0.2) is 18.7 Å². The monoisotopic (exact) mass is 322 g/mol. The molecule has 0 aliphatic heterocycles. The molecule has 2 heterocycles. The van der Waals surface area contributed by atoms with Crippen LogP contribution in [0, 0.1) is 11.6 Å². The number of pyridine rings is 1. The number of imidazole rings is 1. The van der Waals surface area contributed by atoms with Crippen molar-refractivity contribution in [3.8, 4) is 11.4 Å².